The number of H-pyrrole nitrogens is 1. The van der Waals surface area contributed by atoms with Gasteiger partial charge in [0.05, 0.1) is 31.3 Å². The number of guanidine groups is 1. The molecule has 1 aliphatic rings. The second-order valence-corrected chi connectivity index (χ2v) is 21.9. The zero-order valence-electron chi connectivity index (χ0n) is 49.4. The van der Waals surface area contributed by atoms with E-state index in [1.54, 1.807) is 43.6 Å². The number of rotatable bonds is 33. The van der Waals surface area contributed by atoms with Crippen LogP contribution in [0.3, 0.4) is 0 Å². The molecule has 0 saturated carbocycles. The first-order valence-corrected chi connectivity index (χ1v) is 28.6. The van der Waals surface area contributed by atoms with E-state index >= 15 is 0 Å². The molecule has 28 heteroatoms. The first-order chi connectivity index (χ1) is 41.3. The highest BCUT2D eigenvalue weighted by atomic mass is 16.5. The molecule has 3 aromatic carbocycles. The Morgan fingerprint density at radius 3 is 2.02 bits per heavy atom. The number of nitrogens with two attached hydrogens (primary N) is 2. The molecule has 5 rings (SSSR count). The Hall–Kier alpha value is -9.15. The molecule has 2 heterocycles. The molecule has 1 aliphatic heterocycles. The summed E-state index contributed by atoms with van der Waals surface area (Å²) in [6.45, 7) is 4.96. The number of nitrogens with one attached hydrogen (secondary N) is 11. The fourth-order valence-corrected chi connectivity index (χ4v) is 9.90. The Kier molecular flexibility index (Phi) is 26.4. The molecule has 1 aromatic heterocycles. The number of hydrogen-bond donors (Lipinski definition) is 16. The Morgan fingerprint density at radius 2 is 1.38 bits per heavy atom. The number of ether oxygens (including phenoxy) is 1. The van der Waals surface area contributed by atoms with Gasteiger partial charge in [0.25, 0.3) is 0 Å². The summed E-state index contributed by atoms with van der Waals surface area (Å²) < 4.78 is 5.84. The number of phenolic OH excluding ortho intramolecular Hbond substituents is 1. The summed E-state index contributed by atoms with van der Waals surface area (Å²) in [6.07, 6.45) is -1.67. The molecule has 0 spiro atoms. The van der Waals surface area contributed by atoms with Crippen LogP contribution in [0.5, 0.6) is 5.75 Å². The minimum atomic E-state index is -1.77. The van der Waals surface area contributed by atoms with Crippen molar-refractivity contribution in [3.63, 3.8) is 0 Å². The number of carbonyl (C=O) groups excluding carboxylic acids is 10. The molecule has 1 saturated heterocycles. The van der Waals surface area contributed by atoms with Gasteiger partial charge in [-0.15, -0.1) is 0 Å². The van der Waals surface area contributed by atoms with Gasteiger partial charge in [-0.3, -0.25) is 53.4 Å². The first kappa shape index (κ1) is 68.6. The fourth-order valence-electron chi connectivity index (χ4n) is 9.90. The number of amides is 10. The van der Waals surface area contributed by atoms with Gasteiger partial charge < -0.3 is 89.3 Å². The quantitative estimate of drug-likeness (QED) is 0.0134. The van der Waals surface area contributed by atoms with Gasteiger partial charge in [-0.25, -0.2) is 0 Å². The number of likely N-dealkylation sites (tertiary alicyclic amines) is 1. The number of β-amino-alcohol motifs (C(OH)–C–C–N with tert-alkyl or cyclic N) is 1. The van der Waals surface area contributed by atoms with E-state index < -0.39 is 133 Å². The molecule has 87 heavy (non-hydrogen) atoms. The normalized spacial score (nSPS) is 16.5. The van der Waals surface area contributed by atoms with Crippen molar-refractivity contribution in [2.45, 2.75) is 140 Å². The third-order valence-corrected chi connectivity index (χ3v) is 14.2. The van der Waals surface area contributed by atoms with E-state index in [4.69, 9.17) is 21.6 Å². The van der Waals surface area contributed by atoms with E-state index in [9.17, 15) is 63.3 Å². The molecular formula is C59H82N14O14. The van der Waals surface area contributed by atoms with Crippen LogP contribution in [-0.4, -0.2) is 184 Å². The van der Waals surface area contributed by atoms with Crippen molar-refractivity contribution in [2.75, 3.05) is 33.4 Å². The van der Waals surface area contributed by atoms with Crippen LogP contribution < -0.4 is 59.3 Å². The van der Waals surface area contributed by atoms with Gasteiger partial charge in [0, 0.05) is 63.4 Å². The number of nitrogens with zero attached hydrogens (tertiary/aromatic N) is 1. The van der Waals surface area contributed by atoms with Gasteiger partial charge in [-0.1, -0.05) is 74.5 Å². The first-order valence-electron chi connectivity index (χ1n) is 28.6. The molecule has 10 atom stereocenters. The lowest BCUT2D eigenvalue weighted by molar-refractivity contribution is -0.142. The van der Waals surface area contributed by atoms with Crippen LogP contribution in [-0.2, 0) is 71.9 Å². The van der Waals surface area contributed by atoms with E-state index in [0.717, 1.165) is 21.4 Å². The number of primary amides is 2. The maximum Gasteiger partial charge on any atom is 0.246 e. The minimum absolute atomic E-state index is 0.0294. The summed E-state index contributed by atoms with van der Waals surface area (Å²) in [5.41, 5.74) is 14.1. The zero-order valence-corrected chi connectivity index (χ0v) is 49.4. The number of aromatic hydroxyl groups is 1. The Balaban J connectivity index is 1.25. The number of aliphatic hydroxyl groups is 2. The second-order valence-electron chi connectivity index (χ2n) is 21.9. The van der Waals surface area contributed by atoms with Crippen molar-refractivity contribution in [3.05, 3.63) is 102 Å². The van der Waals surface area contributed by atoms with Crippen molar-refractivity contribution in [3.8, 4) is 5.75 Å². The average Bonchev–Trinajstić information content (AvgIpc) is 2.36. The van der Waals surface area contributed by atoms with Crippen LogP contribution in [0, 0.1) is 11.3 Å². The summed E-state index contributed by atoms with van der Waals surface area (Å²) in [5, 5.41) is 63.7. The highest BCUT2D eigenvalue weighted by molar-refractivity contribution is 5.98. The lowest BCUT2D eigenvalue weighted by atomic mass is 10.0. The number of hydrogen-bond acceptors (Lipinski definition) is 15. The molecular weight excluding hydrogens is 1130 g/mol. The molecule has 28 nitrogen and oxygen atoms in total. The van der Waals surface area contributed by atoms with Crippen molar-refractivity contribution in [2.24, 2.45) is 17.4 Å². The summed E-state index contributed by atoms with van der Waals surface area (Å²) in [6, 6.07) is 11.3. The maximum absolute atomic E-state index is 14.1. The molecule has 472 valence electrons. The van der Waals surface area contributed by atoms with Crippen LogP contribution in [0.25, 0.3) is 10.9 Å². The van der Waals surface area contributed by atoms with Crippen LogP contribution in [0.4, 0.5) is 0 Å². The van der Waals surface area contributed by atoms with Gasteiger partial charge in [-0.05, 0) is 73.4 Å². The third-order valence-electron chi connectivity index (χ3n) is 14.2. The molecule has 0 unspecified atom stereocenters. The van der Waals surface area contributed by atoms with Crippen molar-refractivity contribution in [1.82, 2.24) is 57.7 Å². The Bertz CT molecular complexity index is 3030. The maximum atomic E-state index is 14.1. The topological polar surface area (TPSA) is 444 Å². The van der Waals surface area contributed by atoms with E-state index in [2.05, 4.69) is 52.8 Å². The Morgan fingerprint density at radius 1 is 0.736 bits per heavy atom. The number of aliphatic hydroxyl groups excluding tert-OH is 2. The number of phenols is 1. The average molecular weight is 1210 g/mol. The monoisotopic (exact) mass is 1210 g/mol. The number of aromatic amines is 1. The highest BCUT2D eigenvalue weighted by Crippen LogP contribution is 2.23. The molecule has 0 bridgehead atoms. The molecule has 10 amide bonds. The predicted molar refractivity (Wildman–Crippen MR) is 318 cm³/mol. The smallest absolute Gasteiger partial charge is 0.246 e. The van der Waals surface area contributed by atoms with Gasteiger partial charge >= 0.3 is 0 Å². The van der Waals surface area contributed by atoms with Gasteiger partial charge in [-0.2, -0.15) is 0 Å². The largest absolute Gasteiger partial charge is 0.508 e. The number of fused-ring (bicyclic) bond motifs is 1. The minimum Gasteiger partial charge on any atom is -0.508 e. The van der Waals surface area contributed by atoms with Gasteiger partial charge in [0.1, 0.15) is 54.6 Å². The van der Waals surface area contributed by atoms with E-state index in [-0.39, 0.29) is 82.3 Å². The van der Waals surface area contributed by atoms with Crippen molar-refractivity contribution < 1.29 is 68.0 Å². The molecule has 0 radical (unpaired) electrons. The van der Waals surface area contributed by atoms with E-state index in [1.165, 1.54) is 38.1 Å². The van der Waals surface area contributed by atoms with E-state index in [0.29, 0.717) is 11.1 Å². The van der Waals surface area contributed by atoms with Crippen LogP contribution in [0.1, 0.15) is 76.5 Å². The van der Waals surface area contributed by atoms with Crippen molar-refractivity contribution >= 4 is 75.9 Å². The number of para-hydroxylation sites is 1. The van der Waals surface area contributed by atoms with Gasteiger partial charge in [0.2, 0.25) is 59.1 Å². The fraction of sp³-hybridized carbons (Fsp3) is 0.475. The van der Waals surface area contributed by atoms with Crippen LogP contribution in [0.15, 0.2) is 85.1 Å². The Labute approximate surface area is 503 Å². The lowest BCUT2D eigenvalue weighted by Gasteiger charge is -2.30. The standard InChI is InChI=1S/C59H82N14O14/c1-32(2)22-45(54(82)69-43(16-11-21-64-59(62)63-5)53(81)70-44(52(61)80)25-37-28-65-42-15-10-9-14-41(37)42)68-50(79)31-87-30-38(23-35-12-7-6-8-13-35)67-57(85)51(33(3)74)72-55(83)46(27-49(60)78)71-56(84)48-26-40(77)29-73(48)58(86)47(66-34(4)75)24-36-17-19-39(76)20-18-36/h6-10,12-15,17-20,28,32-33,38,40,43-48,51,65,74,76-77H,11,16,21-27,29-31H2,1-5H3,(H2,60,78)(H2,61,80)(H,66,75)(H,67,85)(H,68,79)(H,69,82)(H,70,81)(H,71,84)(H,72,83)(H3,62,63,64)/t33-,38+,40-,43+,44+,45+,46+,47-,48+,51+/m1/s1. The number of aromatic nitrogens is 1. The SMILES string of the molecule is CNC(=N)NCCC[C@H](NC(=O)[C@H](CC(C)C)NC(=O)COC[C@H](Cc1ccccc1)NC(=O)[C@@H](NC(=O)[C@H](CC(N)=O)NC(=O)[C@@H]1C[C@@H](O)CN1C(=O)[C@@H](Cc1ccc(O)cc1)NC(C)=O)[C@@H](C)O)C(=O)N[C@@H](Cc1c[nH]c2ccccc12)C(N)=O. The van der Waals surface area contributed by atoms with E-state index in [1.807, 2.05) is 38.1 Å². The number of carbonyl (C=O) groups is 10. The molecule has 1 fully saturated rings. The second kappa shape index (κ2) is 33.5. The van der Waals surface area contributed by atoms with Crippen LogP contribution in [0.2, 0.25) is 0 Å². The highest BCUT2D eigenvalue weighted by Gasteiger charge is 2.43. The summed E-state index contributed by atoms with van der Waals surface area (Å²) >= 11 is 0. The molecule has 4 aromatic rings. The number of benzene rings is 3. The zero-order chi connectivity index (χ0) is 63.9. The summed E-state index contributed by atoms with van der Waals surface area (Å²) in [4.78, 5) is 139. The third kappa shape index (κ3) is 22.0. The predicted octanol–water partition coefficient (Wildman–Crippen LogP) is -2.40. The lowest BCUT2D eigenvalue weighted by Crippen LogP contribution is -2.61. The molecule has 18 N–H and O–H groups in total. The van der Waals surface area contributed by atoms with Crippen molar-refractivity contribution in [1.29, 1.82) is 5.41 Å². The molecule has 0 aliphatic carbocycles. The summed E-state index contributed by atoms with van der Waals surface area (Å²) in [5.74, 6) is -8.61. The van der Waals surface area contributed by atoms with Crippen LogP contribution >= 0.6 is 0 Å². The van der Waals surface area contributed by atoms with Gasteiger partial charge in [0.15, 0.2) is 5.96 Å². The summed E-state index contributed by atoms with van der Waals surface area (Å²) in [7, 11) is 1.56.